The fraction of sp³-hybridized carbons (Fsp3) is 0.286. The standard InChI is InChI=1S/C14H15FIN3OS/c1-17-14-13(16)10(7-20-2)18-12(19-14)8-21-11-6-4-3-5-9(11)15/h3-6H,7-8H2,1-2H3,(H,17,18,19). The molecule has 0 atom stereocenters. The molecule has 21 heavy (non-hydrogen) atoms. The lowest BCUT2D eigenvalue weighted by molar-refractivity contribution is 0.180. The molecular formula is C14H15FIN3OS. The van der Waals surface area contributed by atoms with Crippen molar-refractivity contribution in [3.8, 4) is 0 Å². The Morgan fingerprint density at radius 3 is 2.76 bits per heavy atom. The van der Waals surface area contributed by atoms with Crippen molar-refractivity contribution in [1.29, 1.82) is 0 Å². The molecule has 0 fully saturated rings. The molecule has 0 radical (unpaired) electrons. The van der Waals surface area contributed by atoms with Crippen LogP contribution < -0.4 is 5.32 Å². The van der Waals surface area contributed by atoms with E-state index in [9.17, 15) is 4.39 Å². The van der Waals surface area contributed by atoms with E-state index in [1.165, 1.54) is 17.8 Å². The molecule has 2 rings (SSSR count). The lowest BCUT2D eigenvalue weighted by Gasteiger charge is -2.10. The number of halogens is 2. The van der Waals surface area contributed by atoms with Gasteiger partial charge in [-0.1, -0.05) is 12.1 Å². The molecule has 0 saturated carbocycles. The van der Waals surface area contributed by atoms with Crippen LogP contribution in [0.15, 0.2) is 29.2 Å². The number of thioether (sulfide) groups is 1. The van der Waals surface area contributed by atoms with Gasteiger partial charge in [0.05, 0.1) is 21.6 Å². The summed E-state index contributed by atoms with van der Waals surface area (Å²) in [6, 6.07) is 6.69. The summed E-state index contributed by atoms with van der Waals surface area (Å²) in [7, 11) is 3.44. The highest BCUT2D eigenvalue weighted by Crippen LogP contribution is 2.26. The van der Waals surface area contributed by atoms with Gasteiger partial charge in [0.25, 0.3) is 0 Å². The van der Waals surface area contributed by atoms with Gasteiger partial charge < -0.3 is 10.1 Å². The van der Waals surface area contributed by atoms with E-state index in [2.05, 4.69) is 37.9 Å². The van der Waals surface area contributed by atoms with Crippen LogP contribution in [0.25, 0.3) is 0 Å². The SMILES string of the molecule is CNc1nc(CSc2ccccc2F)nc(COC)c1I. The van der Waals surface area contributed by atoms with Crippen LogP contribution in [-0.2, 0) is 17.1 Å². The fourth-order valence-corrected chi connectivity index (χ4v) is 3.17. The van der Waals surface area contributed by atoms with E-state index in [1.54, 1.807) is 19.2 Å². The van der Waals surface area contributed by atoms with Crippen molar-refractivity contribution in [2.75, 3.05) is 19.5 Å². The van der Waals surface area contributed by atoms with Crippen LogP contribution in [0, 0.1) is 9.39 Å². The molecule has 1 aromatic carbocycles. The Kier molecular flexibility index (Phi) is 6.19. The van der Waals surface area contributed by atoms with Crippen molar-refractivity contribution in [3.05, 3.63) is 45.2 Å². The van der Waals surface area contributed by atoms with E-state index in [4.69, 9.17) is 4.74 Å². The summed E-state index contributed by atoms with van der Waals surface area (Å²) in [5.74, 6) is 1.70. The predicted octanol–water partition coefficient (Wildman–Crippen LogP) is 3.70. The highest BCUT2D eigenvalue weighted by molar-refractivity contribution is 14.1. The van der Waals surface area contributed by atoms with Gasteiger partial charge in [-0.2, -0.15) is 0 Å². The number of aromatic nitrogens is 2. The number of nitrogens with one attached hydrogen (secondary N) is 1. The molecule has 1 aromatic heterocycles. The Bertz CT molecular complexity index is 627. The normalized spacial score (nSPS) is 10.7. The molecule has 0 spiro atoms. The van der Waals surface area contributed by atoms with E-state index < -0.39 is 0 Å². The largest absolute Gasteiger partial charge is 0.378 e. The average molecular weight is 419 g/mol. The first-order valence-corrected chi connectivity index (χ1v) is 8.31. The number of ether oxygens (including phenoxy) is 1. The Hall–Kier alpha value is -0.930. The third-order valence-corrected chi connectivity index (χ3v) is 4.86. The molecule has 1 N–H and O–H groups in total. The molecule has 2 aromatic rings. The minimum atomic E-state index is -0.223. The third kappa shape index (κ3) is 4.27. The lowest BCUT2D eigenvalue weighted by Crippen LogP contribution is -2.07. The van der Waals surface area contributed by atoms with Gasteiger partial charge in [-0.3, -0.25) is 0 Å². The Labute approximate surface area is 141 Å². The summed E-state index contributed by atoms with van der Waals surface area (Å²) in [6.07, 6.45) is 0. The molecule has 0 bridgehead atoms. The van der Waals surface area contributed by atoms with Crippen molar-refractivity contribution in [2.45, 2.75) is 17.3 Å². The zero-order valence-corrected chi connectivity index (χ0v) is 14.7. The van der Waals surface area contributed by atoms with Crippen molar-refractivity contribution in [2.24, 2.45) is 0 Å². The van der Waals surface area contributed by atoms with E-state index in [0.29, 0.717) is 23.1 Å². The van der Waals surface area contributed by atoms with E-state index in [1.807, 2.05) is 13.1 Å². The van der Waals surface area contributed by atoms with Gasteiger partial charge in [-0.15, -0.1) is 11.8 Å². The number of hydrogen-bond acceptors (Lipinski definition) is 5. The Balaban J connectivity index is 2.20. The average Bonchev–Trinajstić information content (AvgIpc) is 2.49. The number of hydrogen-bond donors (Lipinski definition) is 1. The maximum Gasteiger partial charge on any atom is 0.143 e. The van der Waals surface area contributed by atoms with Crippen molar-refractivity contribution >= 4 is 40.2 Å². The molecule has 112 valence electrons. The molecule has 0 saturated heterocycles. The lowest BCUT2D eigenvalue weighted by atomic mass is 10.3. The van der Waals surface area contributed by atoms with Gasteiger partial charge in [-0.25, -0.2) is 14.4 Å². The van der Waals surface area contributed by atoms with Crippen LogP contribution in [0.1, 0.15) is 11.5 Å². The summed E-state index contributed by atoms with van der Waals surface area (Å²) in [6.45, 7) is 0.423. The van der Waals surface area contributed by atoms with Crippen molar-refractivity contribution in [3.63, 3.8) is 0 Å². The molecule has 0 unspecified atom stereocenters. The second-order valence-electron chi connectivity index (χ2n) is 4.15. The topological polar surface area (TPSA) is 47.0 Å². The molecule has 4 nitrogen and oxygen atoms in total. The summed E-state index contributed by atoms with van der Waals surface area (Å²) in [5.41, 5.74) is 0.835. The molecule has 0 aliphatic carbocycles. The quantitative estimate of drug-likeness (QED) is 0.572. The van der Waals surface area contributed by atoms with Crippen LogP contribution in [0.2, 0.25) is 0 Å². The van der Waals surface area contributed by atoms with E-state index in [0.717, 1.165) is 15.1 Å². The maximum atomic E-state index is 13.6. The highest BCUT2D eigenvalue weighted by atomic mass is 127. The van der Waals surface area contributed by atoms with Gasteiger partial charge in [0.15, 0.2) is 0 Å². The van der Waals surface area contributed by atoms with Crippen LogP contribution in [0.5, 0.6) is 0 Å². The Morgan fingerprint density at radius 1 is 1.33 bits per heavy atom. The summed E-state index contributed by atoms with van der Waals surface area (Å²) >= 11 is 3.57. The zero-order valence-electron chi connectivity index (χ0n) is 11.7. The van der Waals surface area contributed by atoms with Gasteiger partial charge in [0, 0.05) is 19.1 Å². The highest BCUT2D eigenvalue weighted by Gasteiger charge is 2.12. The zero-order chi connectivity index (χ0) is 15.2. The molecule has 0 aliphatic heterocycles. The monoisotopic (exact) mass is 419 g/mol. The number of nitrogens with zero attached hydrogens (tertiary/aromatic N) is 2. The second kappa shape index (κ2) is 7.90. The van der Waals surface area contributed by atoms with Crippen LogP contribution in [0.4, 0.5) is 10.2 Å². The smallest absolute Gasteiger partial charge is 0.143 e. The predicted molar refractivity (Wildman–Crippen MR) is 91.0 cm³/mol. The van der Waals surface area contributed by atoms with E-state index in [-0.39, 0.29) is 5.82 Å². The van der Waals surface area contributed by atoms with Crippen LogP contribution in [0.3, 0.4) is 0 Å². The van der Waals surface area contributed by atoms with Crippen molar-refractivity contribution in [1.82, 2.24) is 9.97 Å². The first-order valence-electron chi connectivity index (χ1n) is 6.25. The molecule has 0 amide bonds. The van der Waals surface area contributed by atoms with Crippen LogP contribution >= 0.6 is 34.4 Å². The second-order valence-corrected chi connectivity index (χ2v) is 6.25. The minimum Gasteiger partial charge on any atom is -0.378 e. The van der Waals surface area contributed by atoms with Gasteiger partial charge >= 0.3 is 0 Å². The number of methoxy groups -OCH3 is 1. The number of rotatable bonds is 6. The van der Waals surface area contributed by atoms with Gasteiger partial charge in [0.1, 0.15) is 17.5 Å². The minimum absolute atomic E-state index is 0.223. The number of anilines is 1. The molecule has 0 aliphatic rings. The fourth-order valence-electron chi connectivity index (χ4n) is 1.71. The first-order chi connectivity index (χ1) is 10.2. The molecule has 7 heteroatoms. The molecular weight excluding hydrogens is 404 g/mol. The Morgan fingerprint density at radius 2 is 2.10 bits per heavy atom. The third-order valence-electron chi connectivity index (χ3n) is 2.68. The van der Waals surface area contributed by atoms with Crippen LogP contribution in [-0.4, -0.2) is 24.1 Å². The van der Waals surface area contributed by atoms with Gasteiger partial charge in [-0.05, 0) is 34.7 Å². The van der Waals surface area contributed by atoms with Gasteiger partial charge in [0.2, 0.25) is 0 Å². The summed E-state index contributed by atoms with van der Waals surface area (Å²) in [5, 5.41) is 3.05. The van der Waals surface area contributed by atoms with E-state index >= 15 is 0 Å². The summed E-state index contributed by atoms with van der Waals surface area (Å²) in [4.78, 5) is 9.53. The summed E-state index contributed by atoms with van der Waals surface area (Å²) < 4.78 is 19.7. The first kappa shape index (κ1) is 16.4. The molecule has 1 heterocycles. The van der Waals surface area contributed by atoms with Crippen molar-refractivity contribution < 1.29 is 9.13 Å². The maximum absolute atomic E-state index is 13.6. The number of benzene rings is 1.